The van der Waals surface area contributed by atoms with Gasteiger partial charge < -0.3 is 9.64 Å². The van der Waals surface area contributed by atoms with Crippen molar-refractivity contribution in [3.63, 3.8) is 0 Å². The molecule has 0 aromatic carbocycles. The lowest BCUT2D eigenvalue weighted by molar-refractivity contribution is -0.117. The van der Waals surface area contributed by atoms with Crippen molar-refractivity contribution in [2.45, 2.75) is 13.5 Å². The lowest BCUT2D eigenvalue weighted by Gasteiger charge is -2.27. The van der Waals surface area contributed by atoms with E-state index in [1.165, 1.54) is 17.4 Å². The maximum atomic E-state index is 12.0. The molecule has 0 bridgehead atoms. The minimum atomic E-state index is -0.366. The van der Waals surface area contributed by atoms with Gasteiger partial charge in [0.1, 0.15) is 17.4 Å². The highest BCUT2D eigenvalue weighted by atomic mass is 32.1. The molecule has 9 nitrogen and oxygen atoms in total. The molecule has 1 fully saturated rings. The molecule has 1 aliphatic heterocycles. The maximum Gasteiger partial charge on any atom is 0.267 e. The van der Waals surface area contributed by atoms with E-state index in [9.17, 15) is 9.59 Å². The Morgan fingerprint density at radius 1 is 1.35 bits per heavy atom. The fourth-order valence-electron chi connectivity index (χ4n) is 2.15. The highest BCUT2D eigenvalue weighted by Crippen LogP contribution is 2.13. The summed E-state index contributed by atoms with van der Waals surface area (Å²) >= 11 is 1.27. The quantitative estimate of drug-likeness (QED) is 0.830. The van der Waals surface area contributed by atoms with Gasteiger partial charge in [0.15, 0.2) is 0 Å². The minimum absolute atomic E-state index is 0.171. The predicted octanol–water partition coefficient (Wildman–Crippen LogP) is -0.121. The molecule has 3 rings (SSSR count). The molecule has 1 N–H and O–H groups in total. The summed E-state index contributed by atoms with van der Waals surface area (Å²) in [6.45, 7) is 4.29. The topological polar surface area (TPSA) is 102 Å². The first-order chi connectivity index (χ1) is 11.1. The van der Waals surface area contributed by atoms with Gasteiger partial charge in [0.25, 0.3) is 5.56 Å². The molecule has 0 unspecified atom stereocenters. The van der Waals surface area contributed by atoms with E-state index in [2.05, 4.69) is 20.6 Å². The molecular formula is C13H16N6O3S. The van der Waals surface area contributed by atoms with Crippen molar-refractivity contribution in [3.05, 3.63) is 27.5 Å². The van der Waals surface area contributed by atoms with Crippen molar-refractivity contribution in [2.24, 2.45) is 0 Å². The normalized spacial score (nSPS) is 14.7. The van der Waals surface area contributed by atoms with Crippen LogP contribution in [0.25, 0.3) is 0 Å². The van der Waals surface area contributed by atoms with Crippen LogP contribution in [0.15, 0.2) is 16.9 Å². The molecule has 2 aromatic heterocycles. The van der Waals surface area contributed by atoms with Gasteiger partial charge in [-0.05, 0) is 13.0 Å². The second-order valence-electron chi connectivity index (χ2n) is 4.96. The summed E-state index contributed by atoms with van der Waals surface area (Å²) in [7, 11) is 0. The molecule has 3 heterocycles. The van der Waals surface area contributed by atoms with Crippen LogP contribution in [0.5, 0.6) is 0 Å². The lowest BCUT2D eigenvalue weighted by Crippen LogP contribution is -2.38. The van der Waals surface area contributed by atoms with Crippen molar-refractivity contribution in [1.29, 1.82) is 0 Å². The third-order valence-electron chi connectivity index (χ3n) is 3.25. The fourth-order valence-corrected chi connectivity index (χ4v) is 2.76. The summed E-state index contributed by atoms with van der Waals surface area (Å²) in [4.78, 5) is 25.9. The maximum absolute atomic E-state index is 12.0. The first-order valence-corrected chi connectivity index (χ1v) is 7.94. The van der Waals surface area contributed by atoms with Crippen LogP contribution >= 0.6 is 11.3 Å². The Labute approximate surface area is 135 Å². The third-order valence-corrected chi connectivity index (χ3v) is 4.01. The van der Waals surface area contributed by atoms with Crippen LogP contribution in [0.2, 0.25) is 0 Å². The fraction of sp³-hybridized carbons (Fsp3) is 0.462. The van der Waals surface area contributed by atoms with Gasteiger partial charge in [-0.1, -0.05) is 11.3 Å². The average molecular weight is 336 g/mol. The van der Waals surface area contributed by atoms with Crippen LogP contribution in [0.1, 0.15) is 5.01 Å². The Kier molecular flexibility index (Phi) is 4.63. The van der Waals surface area contributed by atoms with Crippen molar-refractivity contribution in [1.82, 2.24) is 20.0 Å². The zero-order valence-corrected chi connectivity index (χ0v) is 13.4. The second-order valence-corrected chi connectivity index (χ2v) is 6.14. The van der Waals surface area contributed by atoms with Gasteiger partial charge in [-0.25, -0.2) is 4.68 Å². The Balaban J connectivity index is 1.71. The van der Waals surface area contributed by atoms with Crippen LogP contribution in [0, 0.1) is 6.92 Å². The smallest absolute Gasteiger partial charge is 0.267 e. The Hall–Kier alpha value is -2.33. The molecule has 122 valence electrons. The summed E-state index contributed by atoms with van der Waals surface area (Å²) in [6.07, 6.45) is 0. The summed E-state index contributed by atoms with van der Waals surface area (Å²) in [5, 5.41) is 15.7. The van der Waals surface area contributed by atoms with E-state index in [1.807, 2.05) is 4.90 Å². The molecule has 2 aromatic rings. The van der Waals surface area contributed by atoms with Gasteiger partial charge in [-0.15, -0.1) is 10.2 Å². The highest BCUT2D eigenvalue weighted by molar-refractivity contribution is 7.15. The molecule has 0 saturated carbocycles. The third kappa shape index (κ3) is 3.90. The monoisotopic (exact) mass is 336 g/mol. The molecule has 0 atom stereocenters. The van der Waals surface area contributed by atoms with Crippen molar-refractivity contribution >= 4 is 28.2 Å². The van der Waals surface area contributed by atoms with Gasteiger partial charge in [0, 0.05) is 19.2 Å². The number of hydrogen-bond acceptors (Lipinski definition) is 8. The first-order valence-electron chi connectivity index (χ1n) is 7.12. The predicted molar refractivity (Wildman–Crippen MR) is 84.8 cm³/mol. The number of aryl methyl sites for hydroxylation is 1. The molecule has 1 saturated heterocycles. The Morgan fingerprint density at radius 2 is 2.13 bits per heavy atom. The second kappa shape index (κ2) is 6.84. The largest absolute Gasteiger partial charge is 0.378 e. The number of aromatic nitrogens is 4. The number of carbonyl (C=O) groups excluding carboxylic acids is 1. The van der Waals surface area contributed by atoms with Gasteiger partial charge >= 0.3 is 0 Å². The van der Waals surface area contributed by atoms with Crippen molar-refractivity contribution in [2.75, 3.05) is 36.5 Å². The average Bonchev–Trinajstić information content (AvgIpc) is 2.95. The summed E-state index contributed by atoms with van der Waals surface area (Å²) in [5.74, 6) is 0.294. The van der Waals surface area contributed by atoms with Crippen LogP contribution in [-0.2, 0) is 16.1 Å². The van der Waals surface area contributed by atoms with E-state index < -0.39 is 0 Å². The molecule has 0 spiro atoms. The first kappa shape index (κ1) is 15.6. The van der Waals surface area contributed by atoms with Crippen LogP contribution in [-0.4, -0.2) is 52.2 Å². The molecule has 0 aliphatic carbocycles. The number of rotatable bonds is 4. The van der Waals surface area contributed by atoms with Gasteiger partial charge in [0.05, 0.1) is 13.2 Å². The number of anilines is 2. The van der Waals surface area contributed by atoms with Crippen LogP contribution in [0.3, 0.4) is 0 Å². The standard InChI is InChI=1S/C13H16N6O3S/c1-9-15-16-13(23-9)14-11(20)8-19-12(21)3-2-10(17-19)18-4-6-22-7-5-18/h2-3H,4-8H2,1H3,(H,14,16,20). The number of morpholine rings is 1. The molecule has 1 amide bonds. The van der Waals surface area contributed by atoms with Crippen LogP contribution < -0.4 is 15.8 Å². The number of ether oxygens (including phenoxy) is 1. The number of hydrogen-bond donors (Lipinski definition) is 1. The van der Waals surface area contributed by atoms with Crippen molar-refractivity contribution in [3.8, 4) is 0 Å². The zero-order chi connectivity index (χ0) is 16.2. The van der Waals surface area contributed by atoms with E-state index in [0.717, 1.165) is 9.69 Å². The van der Waals surface area contributed by atoms with Crippen LogP contribution in [0.4, 0.5) is 10.9 Å². The molecule has 10 heteroatoms. The summed E-state index contributed by atoms with van der Waals surface area (Å²) in [5.41, 5.74) is -0.328. The SMILES string of the molecule is Cc1nnc(NC(=O)Cn2nc(N3CCOCC3)ccc2=O)s1. The highest BCUT2D eigenvalue weighted by Gasteiger charge is 2.15. The summed E-state index contributed by atoms with van der Waals surface area (Å²) < 4.78 is 6.44. The Morgan fingerprint density at radius 3 is 2.83 bits per heavy atom. The molecule has 1 aliphatic rings. The number of amides is 1. The van der Waals surface area contributed by atoms with E-state index in [0.29, 0.717) is 37.3 Å². The number of nitrogens with zero attached hydrogens (tertiary/aromatic N) is 5. The lowest BCUT2D eigenvalue weighted by atomic mass is 10.4. The number of carbonyl (C=O) groups is 1. The number of nitrogens with one attached hydrogen (secondary N) is 1. The van der Waals surface area contributed by atoms with Gasteiger partial charge in [0.2, 0.25) is 11.0 Å². The van der Waals surface area contributed by atoms with E-state index >= 15 is 0 Å². The molecule has 0 radical (unpaired) electrons. The zero-order valence-electron chi connectivity index (χ0n) is 12.6. The Bertz CT molecular complexity index is 752. The van der Waals surface area contributed by atoms with E-state index in [1.54, 1.807) is 13.0 Å². The van der Waals surface area contributed by atoms with Gasteiger partial charge in [-0.2, -0.15) is 5.10 Å². The minimum Gasteiger partial charge on any atom is -0.378 e. The van der Waals surface area contributed by atoms with E-state index in [4.69, 9.17) is 4.74 Å². The van der Waals surface area contributed by atoms with Crippen molar-refractivity contribution < 1.29 is 9.53 Å². The summed E-state index contributed by atoms with van der Waals surface area (Å²) in [6, 6.07) is 3.08. The van der Waals surface area contributed by atoms with E-state index in [-0.39, 0.29) is 18.0 Å². The molecule has 23 heavy (non-hydrogen) atoms. The molecular weight excluding hydrogens is 320 g/mol. The van der Waals surface area contributed by atoms with Gasteiger partial charge in [-0.3, -0.25) is 14.9 Å².